The minimum Gasteiger partial charge on any atom is -0.466 e. The number of carbonyl (C=O) groups is 1. The highest BCUT2D eigenvalue weighted by molar-refractivity contribution is 7.19. The number of hydrogen-bond donors (Lipinski definition) is 0. The Kier molecular flexibility index (Phi) is 7.80. The number of fused-ring (bicyclic) bond motifs is 3. The highest BCUT2D eigenvalue weighted by Crippen LogP contribution is 2.52. The number of esters is 1. The van der Waals surface area contributed by atoms with Gasteiger partial charge in [-0.1, -0.05) is 78.9 Å². The number of aromatic nitrogens is 2. The molecule has 44 heavy (non-hydrogen) atoms. The number of piperazine rings is 1. The Hall–Kier alpha value is -4.60. The maximum Gasteiger partial charge on any atom is 0.308 e. The Bertz CT molecular complexity index is 1800. The molecule has 1 unspecified atom stereocenters. The van der Waals surface area contributed by atoms with Crippen LogP contribution < -0.4 is 4.90 Å². The average Bonchev–Trinajstić information content (AvgIpc) is 3.44. The van der Waals surface area contributed by atoms with Crippen molar-refractivity contribution >= 4 is 44.9 Å². The van der Waals surface area contributed by atoms with E-state index in [1.54, 1.807) is 11.3 Å². The van der Waals surface area contributed by atoms with E-state index in [0.29, 0.717) is 6.61 Å². The first kappa shape index (κ1) is 28.2. The van der Waals surface area contributed by atoms with Crippen LogP contribution >= 0.6 is 11.3 Å². The summed E-state index contributed by atoms with van der Waals surface area (Å²) in [5.74, 6) is 0.615. The standard InChI is InChI=1S/C35H34N6O2S/c1-3-43-28(42)23-27-33-32(36-35(40-21-19-39(2)20-22-40)41(27)26-17-11-6-12-18-26)30-29(24-13-7-4-8-14-24)31(37-38-34(30)44-33)25-15-9-5-10-16-25/h4-18,27H,3,19-23H2,1-2H3. The summed E-state index contributed by atoms with van der Waals surface area (Å²) in [6.45, 7) is 5.72. The second-order valence-corrected chi connectivity index (χ2v) is 12.1. The highest BCUT2D eigenvalue weighted by Gasteiger charge is 2.39. The molecule has 0 N–H and O–H groups in total. The van der Waals surface area contributed by atoms with Gasteiger partial charge in [0.2, 0.25) is 5.96 Å². The molecule has 1 atom stereocenters. The first-order valence-electron chi connectivity index (χ1n) is 15.1. The van der Waals surface area contributed by atoms with Crippen LogP contribution in [-0.4, -0.2) is 71.8 Å². The molecule has 2 aromatic heterocycles. The predicted octanol–water partition coefficient (Wildman–Crippen LogP) is 6.77. The maximum atomic E-state index is 13.2. The van der Waals surface area contributed by atoms with Crippen molar-refractivity contribution in [3.8, 4) is 22.4 Å². The van der Waals surface area contributed by atoms with Gasteiger partial charge in [-0.25, -0.2) is 4.99 Å². The van der Waals surface area contributed by atoms with Crippen molar-refractivity contribution in [2.45, 2.75) is 19.4 Å². The third-order valence-electron chi connectivity index (χ3n) is 8.26. The second kappa shape index (κ2) is 12.2. The van der Waals surface area contributed by atoms with E-state index in [9.17, 15) is 4.79 Å². The summed E-state index contributed by atoms with van der Waals surface area (Å²) >= 11 is 1.57. The molecular formula is C35H34N6O2S. The summed E-state index contributed by atoms with van der Waals surface area (Å²) < 4.78 is 5.53. The predicted molar refractivity (Wildman–Crippen MR) is 177 cm³/mol. The van der Waals surface area contributed by atoms with E-state index < -0.39 is 0 Å². The largest absolute Gasteiger partial charge is 0.466 e. The third kappa shape index (κ3) is 5.22. The fourth-order valence-corrected chi connectivity index (χ4v) is 7.25. The number of rotatable bonds is 6. The number of aliphatic imine (C=N–C) groups is 1. The van der Waals surface area contributed by atoms with E-state index in [1.807, 2.05) is 49.4 Å². The van der Waals surface area contributed by atoms with Crippen molar-refractivity contribution in [3.63, 3.8) is 0 Å². The zero-order valence-corrected chi connectivity index (χ0v) is 25.7. The molecule has 3 aromatic carbocycles. The first-order valence-corrected chi connectivity index (χ1v) is 15.9. The molecule has 0 saturated carbocycles. The lowest BCUT2D eigenvalue weighted by atomic mass is 9.95. The molecule has 222 valence electrons. The number of hydrogen-bond acceptors (Lipinski definition) is 9. The lowest BCUT2D eigenvalue weighted by Gasteiger charge is -2.43. The molecule has 4 heterocycles. The minimum absolute atomic E-state index is 0.189. The SMILES string of the molecule is CCOC(=O)CC1c2sc3nnc(-c4ccccc4)c(-c4ccccc4)c3c2N=C(N2CCN(C)CC2)N1c1ccccc1. The lowest BCUT2D eigenvalue weighted by Crippen LogP contribution is -2.54. The molecule has 2 aliphatic rings. The quantitative estimate of drug-likeness (QED) is 0.199. The van der Waals surface area contributed by atoms with Gasteiger partial charge in [-0.15, -0.1) is 21.5 Å². The number of benzene rings is 3. The van der Waals surface area contributed by atoms with Crippen molar-refractivity contribution < 1.29 is 9.53 Å². The van der Waals surface area contributed by atoms with Crippen molar-refractivity contribution in [2.75, 3.05) is 44.7 Å². The molecule has 1 saturated heterocycles. The van der Waals surface area contributed by atoms with Crippen LogP contribution in [0.25, 0.3) is 32.6 Å². The van der Waals surface area contributed by atoms with E-state index in [-0.39, 0.29) is 18.4 Å². The molecule has 1 fully saturated rings. The van der Waals surface area contributed by atoms with Crippen LogP contribution in [-0.2, 0) is 9.53 Å². The van der Waals surface area contributed by atoms with Crippen LogP contribution in [0.15, 0.2) is 96.0 Å². The van der Waals surface area contributed by atoms with Crippen LogP contribution in [0.2, 0.25) is 0 Å². The van der Waals surface area contributed by atoms with Crippen LogP contribution in [0.4, 0.5) is 11.4 Å². The molecule has 9 heteroatoms. The number of guanidine groups is 1. The molecule has 8 nitrogen and oxygen atoms in total. The van der Waals surface area contributed by atoms with Gasteiger partial charge in [-0.2, -0.15) is 0 Å². The Morgan fingerprint density at radius 1 is 0.864 bits per heavy atom. The number of para-hydroxylation sites is 1. The summed E-state index contributed by atoms with van der Waals surface area (Å²) in [6, 6.07) is 30.5. The zero-order chi connectivity index (χ0) is 30.0. The number of likely N-dealkylation sites (N-methyl/N-ethyl adjacent to an activating group) is 1. The van der Waals surface area contributed by atoms with E-state index in [4.69, 9.17) is 19.9 Å². The number of ether oxygens (including phenoxy) is 1. The van der Waals surface area contributed by atoms with Crippen LogP contribution in [0, 0.1) is 0 Å². The van der Waals surface area contributed by atoms with Crippen LogP contribution in [0.5, 0.6) is 0 Å². The zero-order valence-electron chi connectivity index (χ0n) is 24.9. The molecule has 0 radical (unpaired) electrons. The Morgan fingerprint density at radius 2 is 1.50 bits per heavy atom. The minimum atomic E-state index is -0.318. The number of thiophene rings is 1. The maximum absolute atomic E-state index is 13.2. The van der Waals surface area contributed by atoms with Crippen molar-refractivity contribution in [3.05, 3.63) is 95.9 Å². The summed E-state index contributed by atoms with van der Waals surface area (Å²) in [6.07, 6.45) is 0.189. The van der Waals surface area contributed by atoms with Gasteiger partial charge in [0.05, 0.1) is 29.6 Å². The van der Waals surface area contributed by atoms with E-state index >= 15 is 0 Å². The summed E-state index contributed by atoms with van der Waals surface area (Å²) in [7, 11) is 2.15. The Balaban J connectivity index is 1.52. The second-order valence-electron chi connectivity index (χ2n) is 11.1. The molecule has 0 aliphatic carbocycles. The topological polar surface area (TPSA) is 74.2 Å². The van der Waals surface area contributed by atoms with E-state index in [0.717, 1.165) is 81.0 Å². The molecule has 5 aromatic rings. The first-order chi connectivity index (χ1) is 21.6. The monoisotopic (exact) mass is 602 g/mol. The van der Waals surface area contributed by atoms with Crippen molar-refractivity contribution in [2.24, 2.45) is 4.99 Å². The molecular weight excluding hydrogens is 568 g/mol. The number of anilines is 1. The summed E-state index contributed by atoms with van der Waals surface area (Å²) in [5.41, 5.74) is 5.72. The molecule has 7 rings (SSSR count). The summed E-state index contributed by atoms with van der Waals surface area (Å²) in [4.78, 5) is 27.5. The Labute approximate surface area is 261 Å². The number of carbonyl (C=O) groups excluding carboxylic acids is 1. The van der Waals surface area contributed by atoms with Gasteiger partial charge in [-0.3, -0.25) is 4.79 Å². The average molecular weight is 603 g/mol. The van der Waals surface area contributed by atoms with Gasteiger partial charge in [0.1, 0.15) is 10.5 Å². The molecule has 0 spiro atoms. The lowest BCUT2D eigenvalue weighted by molar-refractivity contribution is -0.143. The molecule has 0 amide bonds. The fraction of sp³-hybridized carbons (Fsp3) is 0.257. The van der Waals surface area contributed by atoms with Gasteiger partial charge in [0.25, 0.3) is 0 Å². The molecule has 0 bridgehead atoms. The third-order valence-corrected chi connectivity index (χ3v) is 9.42. The summed E-state index contributed by atoms with van der Waals surface area (Å²) in [5, 5.41) is 10.6. The van der Waals surface area contributed by atoms with E-state index in [2.05, 4.69) is 70.3 Å². The van der Waals surface area contributed by atoms with E-state index in [1.165, 1.54) is 0 Å². The van der Waals surface area contributed by atoms with Gasteiger partial charge in [-0.05, 0) is 31.7 Å². The Morgan fingerprint density at radius 3 is 2.16 bits per heavy atom. The van der Waals surface area contributed by atoms with Crippen LogP contribution in [0.1, 0.15) is 24.3 Å². The number of nitrogens with zero attached hydrogens (tertiary/aromatic N) is 6. The van der Waals surface area contributed by atoms with Crippen molar-refractivity contribution in [1.82, 2.24) is 20.0 Å². The molecule has 2 aliphatic heterocycles. The van der Waals surface area contributed by atoms with Gasteiger partial charge < -0.3 is 19.4 Å². The highest BCUT2D eigenvalue weighted by atomic mass is 32.1. The van der Waals surface area contributed by atoms with Crippen LogP contribution in [0.3, 0.4) is 0 Å². The normalized spacial score (nSPS) is 17.0. The van der Waals surface area contributed by atoms with Gasteiger partial charge in [0.15, 0.2) is 0 Å². The van der Waals surface area contributed by atoms with Gasteiger partial charge >= 0.3 is 5.97 Å². The van der Waals surface area contributed by atoms with Crippen molar-refractivity contribution in [1.29, 1.82) is 0 Å². The van der Waals surface area contributed by atoms with Gasteiger partial charge in [0, 0.05) is 48.4 Å². The smallest absolute Gasteiger partial charge is 0.308 e. The fourth-order valence-electron chi connectivity index (χ4n) is 6.09.